The van der Waals surface area contributed by atoms with Gasteiger partial charge in [0.05, 0.1) is 5.56 Å². The van der Waals surface area contributed by atoms with Crippen LogP contribution in [0.2, 0.25) is 0 Å². The van der Waals surface area contributed by atoms with Crippen molar-refractivity contribution in [2.24, 2.45) is 5.92 Å². The number of alkyl halides is 3. The van der Waals surface area contributed by atoms with Crippen molar-refractivity contribution in [1.82, 2.24) is 10.8 Å². The van der Waals surface area contributed by atoms with Gasteiger partial charge in [-0.05, 0) is 29.7 Å². The fraction of sp³-hybridized carbons (Fsp3) is 0.222. The first kappa shape index (κ1) is 19.5. The SMILES string of the molecule is O=C(NO)C(Cc1ccccc1)C(=O)NCc1ccc(C(F)(F)F)cc1. The first-order valence-corrected chi connectivity index (χ1v) is 7.73. The number of hydroxylamine groups is 1. The Bertz CT molecular complexity index is 747. The second-order valence-electron chi connectivity index (χ2n) is 5.63. The zero-order valence-corrected chi connectivity index (χ0v) is 13.6. The van der Waals surface area contributed by atoms with Crippen LogP contribution in [0.5, 0.6) is 0 Å². The van der Waals surface area contributed by atoms with Gasteiger partial charge in [-0.15, -0.1) is 0 Å². The van der Waals surface area contributed by atoms with Gasteiger partial charge in [0.25, 0.3) is 5.91 Å². The first-order valence-electron chi connectivity index (χ1n) is 7.73. The summed E-state index contributed by atoms with van der Waals surface area (Å²) in [7, 11) is 0. The molecule has 0 aliphatic rings. The summed E-state index contributed by atoms with van der Waals surface area (Å²) in [5.41, 5.74) is 1.86. The fourth-order valence-electron chi connectivity index (χ4n) is 2.36. The zero-order valence-electron chi connectivity index (χ0n) is 13.6. The van der Waals surface area contributed by atoms with Gasteiger partial charge in [-0.2, -0.15) is 13.2 Å². The van der Waals surface area contributed by atoms with Gasteiger partial charge in [-0.1, -0.05) is 42.5 Å². The molecule has 2 rings (SSSR count). The summed E-state index contributed by atoms with van der Waals surface area (Å²) >= 11 is 0. The van der Waals surface area contributed by atoms with Gasteiger partial charge in [-0.25, -0.2) is 5.48 Å². The van der Waals surface area contributed by atoms with E-state index in [-0.39, 0.29) is 13.0 Å². The standard InChI is InChI=1S/C18H17F3N2O3/c19-18(20,21)14-8-6-13(7-9-14)11-22-16(24)15(17(25)23-26)10-12-4-2-1-3-5-12/h1-9,15,26H,10-11H2,(H,22,24)(H,23,25). The smallest absolute Gasteiger partial charge is 0.351 e. The Hall–Kier alpha value is -2.87. The van der Waals surface area contributed by atoms with Gasteiger partial charge >= 0.3 is 6.18 Å². The Balaban J connectivity index is 2.01. The largest absolute Gasteiger partial charge is 0.416 e. The van der Waals surface area contributed by atoms with Crippen LogP contribution in [0.4, 0.5) is 13.2 Å². The monoisotopic (exact) mass is 366 g/mol. The normalized spacial score (nSPS) is 12.3. The first-order chi connectivity index (χ1) is 12.3. The Labute approximate surface area is 147 Å². The molecule has 0 fully saturated rings. The van der Waals surface area contributed by atoms with Gasteiger partial charge in [0.1, 0.15) is 5.92 Å². The van der Waals surface area contributed by atoms with E-state index in [1.165, 1.54) is 17.6 Å². The predicted molar refractivity (Wildman–Crippen MR) is 86.9 cm³/mol. The molecule has 5 nitrogen and oxygen atoms in total. The number of hydrogen-bond acceptors (Lipinski definition) is 3. The molecule has 0 aliphatic carbocycles. The molecule has 0 saturated heterocycles. The number of benzene rings is 2. The minimum atomic E-state index is -4.43. The molecule has 0 radical (unpaired) electrons. The van der Waals surface area contributed by atoms with Gasteiger partial charge in [0.15, 0.2) is 0 Å². The van der Waals surface area contributed by atoms with Crippen molar-refractivity contribution in [2.75, 3.05) is 0 Å². The molecule has 0 aromatic heterocycles. The highest BCUT2D eigenvalue weighted by atomic mass is 19.4. The van der Waals surface area contributed by atoms with E-state index in [9.17, 15) is 22.8 Å². The highest BCUT2D eigenvalue weighted by Gasteiger charge is 2.30. The third kappa shape index (κ3) is 5.32. The maximum absolute atomic E-state index is 12.5. The number of amides is 2. The second kappa shape index (κ2) is 8.48. The van der Waals surface area contributed by atoms with E-state index >= 15 is 0 Å². The van der Waals surface area contributed by atoms with Crippen LogP contribution in [0, 0.1) is 5.92 Å². The number of carbonyl (C=O) groups excluding carboxylic acids is 2. The molecule has 3 N–H and O–H groups in total. The summed E-state index contributed by atoms with van der Waals surface area (Å²) in [6, 6.07) is 13.1. The molecule has 0 saturated carbocycles. The summed E-state index contributed by atoms with van der Waals surface area (Å²) in [5, 5.41) is 11.3. The van der Waals surface area contributed by atoms with Crippen LogP contribution in [-0.2, 0) is 28.7 Å². The summed E-state index contributed by atoms with van der Waals surface area (Å²) in [5.74, 6) is -2.67. The molecule has 138 valence electrons. The van der Waals surface area contributed by atoms with Crippen LogP contribution in [0.1, 0.15) is 16.7 Å². The topological polar surface area (TPSA) is 78.4 Å². The number of carbonyl (C=O) groups is 2. The van der Waals surface area contributed by atoms with Crippen molar-refractivity contribution in [1.29, 1.82) is 0 Å². The number of nitrogens with one attached hydrogen (secondary N) is 2. The van der Waals surface area contributed by atoms with Crippen molar-refractivity contribution in [3.05, 3.63) is 71.3 Å². The second-order valence-corrected chi connectivity index (χ2v) is 5.63. The van der Waals surface area contributed by atoms with Crippen LogP contribution in [0.25, 0.3) is 0 Å². The molecule has 2 aromatic carbocycles. The van der Waals surface area contributed by atoms with Gasteiger partial charge < -0.3 is 5.32 Å². The Kier molecular flexibility index (Phi) is 6.35. The lowest BCUT2D eigenvalue weighted by atomic mass is 9.97. The average molecular weight is 366 g/mol. The van der Waals surface area contributed by atoms with Crippen molar-refractivity contribution in [2.45, 2.75) is 19.1 Å². The van der Waals surface area contributed by atoms with Crippen molar-refractivity contribution < 1.29 is 28.0 Å². The van der Waals surface area contributed by atoms with E-state index in [2.05, 4.69) is 5.32 Å². The third-order valence-corrected chi connectivity index (χ3v) is 3.77. The molecule has 0 heterocycles. The summed E-state index contributed by atoms with van der Waals surface area (Å²) < 4.78 is 37.6. The molecule has 0 spiro atoms. The quantitative estimate of drug-likeness (QED) is 0.418. The molecule has 2 amide bonds. The minimum absolute atomic E-state index is 0.0407. The zero-order chi connectivity index (χ0) is 19.2. The van der Waals surface area contributed by atoms with Crippen LogP contribution in [0.15, 0.2) is 54.6 Å². The molecule has 26 heavy (non-hydrogen) atoms. The van der Waals surface area contributed by atoms with E-state index in [0.717, 1.165) is 17.7 Å². The van der Waals surface area contributed by atoms with Crippen LogP contribution in [-0.4, -0.2) is 17.0 Å². The van der Waals surface area contributed by atoms with E-state index < -0.39 is 29.5 Å². The Morgan fingerprint density at radius 3 is 2.08 bits per heavy atom. The average Bonchev–Trinajstić information content (AvgIpc) is 2.64. The van der Waals surface area contributed by atoms with Crippen LogP contribution in [0.3, 0.4) is 0 Å². The Morgan fingerprint density at radius 2 is 1.54 bits per heavy atom. The highest BCUT2D eigenvalue weighted by Crippen LogP contribution is 2.29. The van der Waals surface area contributed by atoms with Gasteiger partial charge in [0.2, 0.25) is 5.91 Å². The number of halogens is 3. The van der Waals surface area contributed by atoms with E-state index in [4.69, 9.17) is 5.21 Å². The van der Waals surface area contributed by atoms with Gasteiger partial charge in [0, 0.05) is 6.54 Å². The van der Waals surface area contributed by atoms with Crippen LogP contribution >= 0.6 is 0 Å². The van der Waals surface area contributed by atoms with Crippen molar-refractivity contribution in [3.8, 4) is 0 Å². The van der Waals surface area contributed by atoms with Crippen molar-refractivity contribution in [3.63, 3.8) is 0 Å². The molecule has 8 heteroatoms. The lowest BCUT2D eigenvalue weighted by molar-refractivity contribution is -0.141. The minimum Gasteiger partial charge on any atom is -0.351 e. The lowest BCUT2D eigenvalue weighted by Gasteiger charge is -2.15. The number of rotatable bonds is 6. The fourth-order valence-corrected chi connectivity index (χ4v) is 2.36. The highest BCUT2D eigenvalue weighted by molar-refractivity contribution is 6.00. The maximum atomic E-state index is 12.5. The summed E-state index contributed by atoms with van der Waals surface area (Å²) in [4.78, 5) is 24.1. The molecular weight excluding hydrogens is 349 g/mol. The number of hydrogen-bond donors (Lipinski definition) is 3. The predicted octanol–water partition coefficient (Wildman–Crippen LogP) is 2.69. The lowest BCUT2D eigenvalue weighted by Crippen LogP contribution is -2.41. The molecule has 1 unspecified atom stereocenters. The van der Waals surface area contributed by atoms with E-state index in [0.29, 0.717) is 5.56 Å². The molecule has 0 aliphatic heterocycles. The molecule has 0 bridgehead atoms. The van der Waals surface area contributed by atoms with E-state index in [1.54, 1.807) is 30.3 Å². The summed E-state index contributed by atoms with van der Waals surface area (Å²) in [6.07, 6.45) is -4.35. The van der Waals surface area contributed by atoms with E-state index in [1.807, 2.05) is 0 Å². The summed E-state index contributed by atoms with van der Waals surface area (Å²) in [6.45, 7) is -0.0407. The van der Waals surface area contributed by atoms with Gasteiger partial charge in [-0.3, -0.25) is 14.8 Å². The maximum Gasteiger partial charge on any atom is 0.416 e. The Morgan fingerprint density at radius 1 is 0.923 bits per heavy atom. The molecule has 1 atom stereocenters. The third-order valence-electron chi connectivity index (χ3n) is 3.77. The van der Waals surface area contributed by atoms with Crippen molar-refractivity contribution >= 4 is 11.8 Å². The molecular formula is C18H17F3N2O3. The molecule has 2 aromatic rings. The van der Waals surface area contributed by atoms with Crippen LogP contribution < -0.4 is 10.8 Å².